The van der Waals surface area contributed by atoms with E-state index in [4.69, 9.17) is 9.47 Å². The summed E-state index contributed by atoms with van der Waals surface area (Å²) in [5.74, 6) is 1.74. The highest BCUT2D eigenvalue weighted by molar-refractivity contribution is 5.69. The molecule has 0 amide bonds. The third-order valence-electron chi connectivity index (χ3n) is 3.06. The minimum atomic E-state index is 0.795. The predicted octanol–water partition coefficient (Wildman–Crippen LogP) is 3.09. The second kappa shape index (κ2) is 6.25. The third-order valence-corrected chi connectivity index (χ3v) is 3.06. The summed E-state index contributed by atoms with van der Waals surface area (Å²) >= 11 is 0. The molecule has 0 fully saturated rings. The molecule has 2 aromatic rings. The summed E-state index contributed by atoms with van der Waals surface area (Å²) in [4.78, 5) is 0. The standard InChI is InChI=1S/C16H19NO2/c1-17-11-13-10-15(19-3)7-8-16(13)12-5-4-6-14(9-12)18-2/h4-10,17H,11H2,1-3H3. The highest BCUT2D eigenvalue weighted by Gasteiger charge is 2.07. The van der Waals surface area contributed by atoms with Crippen LogP contribution in [0, 0.1) is 0 Å². The van der Waals surface area contributed by atoms with Crippen molar-refractivity contribution in [1.82, 2.24) is 5.32 Å². The Morgan fingerprint density at radius 1 is 0.947 bits per heavy atom. The van der Waals surface area contributed by atoms with Gasteiger partial charge in [0.05, 0.1) is 14.2 Å². The van der Waals surface area contributed by atoms with Crippen LogP contribution >= 0.6 is 0 Å². The predicted molar refractivity (Wildman–Crippen MR) is 77.7 cm³/mol. The molecule has 100 valence electrons. The third kappa shape index (κ3) is 3.06. The zero-order valence-electron chi connectivity index (χ0n) is 11.6. The van der Waals surface area contributed by atoms with Gasteiger partial charge in [0, 0.05) is 6.54 Å². The molecular formula is C16H19NO2. The number of hydrogen-bond acceptors (Lipinski definition) is 3. The van der Waals surface area contributed by atoms with E-state index in [0.29, 0.717) is 0 Å². The molecular weight excluding hydrogens is 238 g/mol. The zero-order chi connectivity index (χ0) is 13.7. The van der Waals surface area contributed by atoms with E-state index >= 15 is 0 Å². The number of benzene rings is 2. The van der Waals surface area contributed by atoms with Gasteiger partial charge in [-0.25, -0.2) is 0 Å². The molecule has 0 saturated heterocycles. The van der Waals surface area contributed by atoms with Crippen LogP contribution in [0.1, 0.15) is 5.56 Å². The van der Waals surface area contributed by atoms with Gasteiger partial charge < -0.3 is 14.8 Å². The van der Waals surface area contributed by atoms with Gasteiger partial charge in [-0.15, -0.1) is 0 Å². The quantitative estimate of drug-likeness (QED) is 0.893. The highest BCUT2D eigenvalue weighted by Crippen LogP contribution is 2.29. The molecule has 0 spiro atoms. The normalized spacial score (nSPS) is 10.3. The molecule has 0 atom stereocenters. The first-order valence-electron chi connectivity index (χ1n) is 6.24. The number of hydrogen-bond donors (Lipinski definition) is 1. The van der Waals surface area contributed by atoms with Crippen molar-refractivity contribution < 1.29 is 9.47 Å². The van der Waals surface area contributed by atoms with Gasteiger partial charge in [-0.3, -0.25) is 0 Å². The Bertz CT molecular complexity index is 552. The number of methoxy groups -OCH3 is 2. The van der Waals surface area contributed by atoms with Crippen molar-refractivity contribution in [2.45, 2.75) is 6.54 Å². The van der Waals surface area contributed by atoms with Crippen LogP contribution in [0.5, 0.6) is 11.5 Å². The molecule has 0 aliphatic carbocycles. The van der Waals surface area contributed by atoms with E-state index in [9.17, 15) is 0 Å². The van der Waals surface area contributed by atoms with E-state index in [2.05, 4.69) is 23.5 Å². The molecule has 0 bridgehead atoms. The Balaban J connectivity index is 2.47. The minimum absolute atomic E-state index is 0.795. The first-order chi connectivity index (χ1) is 9.28. The van der Waals surface area contributed by atoms with E-state index in [1.165, 1.54) is 11.1 Å². The Morgan fingerprint density at radius 2 is 1.68 bits per heavy atom. The lowest BCUT2D eigenvalue weighted by Gasteiger charge is -2.12. The first kappa shape index (κ1) is 13.4. The van der Waals surface area contributed by atoms with E-state index in [1.54, 1.807) is 14.2 Å². The van der Waals surface area contributed by atoms with Gasteiger partial charge in [-0.05, 0) is 48.0 Å². The Kier molecular flexibility index (Phi) is 4.42. The van der Waals surface area contributed by atoms with Crippen LogP contribution in [0.2, 0.25) is 0 Å². The molecule has 2 aromatic carbocycles. The summed E-state index contributed by atoms with van der Waals surface area (Å²) in [5, 5.41) is 3.19. The van der Waals surface area contributed by atoms with Crippen molar-refractivity contribution in [3.8, 4) is 22.6 Å². The lowest BCUT2D eigenvalue weighted by molar-refractivity contribution is 0.414. The summed E-state index contributed by atoms with van der Waals surface area (Å²) in [5.41, 5.74) is 3.54. The van der Waals surface area contributed by atoms with Crippen LogP contribution in [0.15, 0.2) is 42.5 Å². The Labute approximate surface area is 114 Å². The number of rotatable bonds is 5. The van der Waals surface area contributed by atoms with Crippen molar-refractivity contribution in [2.75, 3.05) is 21.3 Å². The second-order valence-electron chi connectivity index (χ2n) is 4.29. The molecule has 0 radical (unpaired) electrons. The van der Waals surface area contributed by atoms with E-state index in [1.807, 2.05) is 31.3 Å². The van der Waals surface area contributed by atoms with E-state index in [-0.39, 0.29) is 0 Å². The topological polar surface area (TPSA) is 30.5 Å². The summed E-state index contributed by atoms with van der Waals surface area (Å²) < 4.78 is 10.6. The fourth-order valence-corrected chi connectivity index (χ4v) is 2.11. The molecule has 0 aromatic heterocycles. The average Bonchev–Trinajstić information content (AvgIpc) is 2.47. The summed E-state index contributed by atoms with van der Waals surface area (Å²) in [6.45, 7) is 0.795. The van der Waals surface area contributed by atoms with Crippen molar-refractivity contribution in [3.63, 3.8) is 0 Å². The molecule has 0 aliphatic rings. The van der Waals surface area contributed by atoms with Crippen molar-refractivity contribution in [3.05, 3.63) is 48.0 Å². The average molecular weight is 257 g/mol. The number of ether oxygens (including phenoxy) is 2. The fraction of sp³-hybridized carbons (Fsp3) is 0.250. The van der Waals surface area contributed by atoms with Crippen molar-refractivity contribution >= 4 is 0 Å². The van der Waals surface area contributed by atoms with Gasteiger partial charge in [0.15, 0.2) is 0 Å². The van der Waals surface area contributed by atoms with E-state index in [0.717, 1.165) is 23.6 Å². The van der Waals surface area contributed by atoms with Gasteiger partial charge in [-0.1, -0.05) is 18.2 Å². The van der Waals surface area contributed by atoms with Gasteiger partial charge in [0.25, 0.3) is 0 Å². The maximum atomic E-state index is 5.28. The minimum Gasteiger partial charge on any atom is -0.497 e. The monoisotopic (exact) mass is 257 g/mol. The molecule has 0 aliphatic heterocycles. The second-order valence-corrected chi connectivity index (χ2v) is 4.29. The lowest BCUT2D eigenvalue weighted by atomic mass is 9.99. The SMILES string of the molecule is CNCc1cc(OC)ccc1-c1cccc(OC)c1. The van der Waals surface area contributed by atoms with Crippen LogP contribution in [-0.4, -0.2) is 21.3 Å². The molecule has 0 unspecified atom stereocenters. The molecule has 3 nitrogen and oxygen atoms in total. The largest absolute Gasteiger partial charge is 0.497 e. The highest BCUT2D eigenvalue weighted by atomic mass is 16.5. The Morgan fingerprint density at radius 3 is 2.37 bits per heavy atom. The fourth-order valence-electron chi connectivity index (χ4n) is 2.11. The van der Waals surface area contributed by atoms with Crippen molar-refractivity contribution in [1.29, 1.82) is 0 Å². The molecule has 0 saturated carbocycles. The summed E-state index contributed by atoms with van der Waals surface area (Å²) in [6.07, 6.45) is 0. The van der Waals surface area contributed by atoms with Crippen LogP contribution in [-0.2, 0) is 6.54 Å². The van der Waals surface area contributed by atoms with Gasteiger partial charge in [-0.2, -0.15) is 0 Å². The van der Waals surface area contributed by atoms with Gasteiger partial charge >= 0.3 is 0 Å². The van der Waals surface area contributed by atoms with Crippen LogP contribution < -0.4 is 14.8 Å². The zero-order valence-corrected chi connectivity index (χ0v) is 11.6. The maximum absolute atomic E-state index is 5.28. The smallest absolute Gasteiger partial charge is 0.119 e. The summed E-state index contributed by atoms with van der Waals surface area (Å²) in [6, 6.07) is 14.2. The first-order valence-corrected chi connectivity index (χ1v) is 6.24. The molecule has 3 heteroatoms. The lowest BCUT2D eigenvalue weighted by Crippen LogP contribution is -2.06. The molecule has 1 N–H and O–H groups in total. The van der Waals surface area contributed by atoms with Gasteiger partial charge in [0.1, 0.15) is 11.5 Å². The molecule has 2 rings (SSSR count). The van der Waals surface area contributed by atoms with Crippen molar-refractivity contribution in [2.24, 2.45) is 0 Å². The van der Waals surface area contributed by atoms with Crippen LogP contribution in [0.4, 0.5) is 0 Å². The maximum Gasteiger partial charge on any atom is 0.119 e. The summed E-state index contributed by atoms with van der Waals surface area (Å²) in [7, 11) is 5.31. The van der Waals surface area contributed by atoms with E-state index < -0.39 is 0 Å². The van der Waals surface area contributed by atoms with Gasteiger partial charge in [0.2, 0.25) is 0 Å². The van der Waals surface area contributed by atoms with Crippen LogP contribution in [0.25, 0.3) is 11.1 Å². The molecule has 19 heavy (non-hydrogen) atoms. The Hall–Kier alpha value is -2.00. The number of nitrogens with one attached hydrogen (secondary N) is 1. The molecule has 0 heterocycles. The van der Waals surface area contributed by atoms with Crippen LogP contribution in [0.3, 0.4) is 0 Å².